The summed E-state index contributed by atoms with van der Waals surface area (Å²) in [4.78, 5) is 19.0. The van der Waals surface area contributed by atoms with E-state index in [1.54, 1.807) is 12.1 Å². The van der Waals surface area contributed by atoms with E-state index in [1.807, 2.05) is 47.4 Å². The topological polar surface area (TPSA) is 45.3 Å². The Morgan fingerprint density at radius 2 is 1.68 bits per heavy atom. The number of nitrogens with zero attached hydrogens (tertiary/aromatic N) is 1. The molecule has 0 saturated heterocycles. The molecule has 1 amide bonds. The van der Waals surface area contributed by atoms with Crippen LogP contribution in [0, 0.1) is 5.82 Å². The van der Waals surface area contributed by atoms with Gasteiger partial charge < -0.3 is 14.6 Å². The summed E-state index contributed by atoms with van der Waals surface area (Å²) in [6.45, 7) is 4.14. The van der Waals surface area contributed by atoms with Crippen molar-refractivity contribution in [2.24, 2.45) is 0 Å². The molecule has 1 unspecified atom stereocenters. The van der Waals surface area contributed by atoms with Crippen molar-refractivity contribution in [1.82, 2.24) is 9.88 Å². The number of amides is 1. The fourth-order valence-corrected chi connectivity index (χ4v) is 4.89. The van der Waals surface area contributed by atoms with Crippen LogP contribution < -0.4 is 0 Å². The van der Waals surface area contributed by atoms with Crippen LogP contribution in [-0.4, -0.2) is 35.5 Å². The van der Waals surface area contributed by atoms with Crippen LogP contribution in [0.5, 0.6) is 0 Å². The second-order valence-electron chi connectivity index (χ2n) is 8.77. The number of hydrogen-bond acceptors (Lipinski definition) is 2. The van der Waals surface area contributed by atoms with Crippen LogP contribution in [0.1, 0.15) is 53.7 Å². The van der Waals surface area contributed by atoms with E-state index in [4.69, 9.17) is 4.74 Å². The second-order valence-corrected chi connectivity index (χ2v) is 8.77. The highest BCUT2D eigenvalue weighted by atomic mass is 19.1. The molecule has 1 aromatic heterocycles. The van der Waals surface area contributed by atoms with Crippen LogP contribution in [0.2, 0.25) is 0 Å². The lowest BCUT2D eigenvalue weighted by atomic mass is 9.93. The van der Waals surface area contributed by atoms with Crippen molar-refractivity contribution in [1.29, 1.82) is 0 Å². The molecule has 34 heavy (non-hydrogen) atoms. The highest BCUT2D eigenvalue weighted by Gasteiger charge is 2.39. The molecule has 0 bridgehead atoms. The molecule has 1 aliphatic rings. The Labute approximate surface area is 199 Å². The number of aromatic nitrogens is 1. The largest absolute Gasteiger partial charge is 0.381 e. The van der Waals surface area contributed by atoms with Crippen LogP contribution in [-0.2, 0) is 4.74 Å². The van der Waals surface area contributed by atoms with E-state index in [2.05, 4.69) is 18.0 Å². The Morgan fingerprint density at radius 1 is 0.941 bits per heavy atom. The van der Waals surface area contributed by atoms with Crippen molar-refractivity contribution >= 4 is 16.8 Å². The molecule has 4 nitrogen and oxygen atoms in total. The Hall–Kier alpha value is -3.44. The van der Waals surface area contributed by atoms with E-state index in [1.165, 1.54) is 12.1 Å². The minimum atomic E-state index is -0.271. The maximum atomic E-state index is 13.7. The molecule has 1 atom stereocenters. The van der Waals surface area contributed by atoms with Gasteiger partial charge in [-0.1, -0.05) is 49.7 Å². The average Bonchev–Trinajstić information content (AvgIpc) is 3.37. The van der Waals surface area contributed by atoms with Crippen molar-refractivity contribution < 1.29 is 13.9 Å². The standard InChI is InChI=1S/C29H29FN2O2/c1-2-3-18-34-19-8-17-32-28(22-9-4-5-10-23(22)29(32)33)26-24-11-6-7-12-25(24)31-27(26)20-13-15-21(30)16-14-20/h4-7,9-16,28,31H,2-3,8,17-19H2,1H3. The van der Waals surface area contributed by atoms with Crippen LogP contribution in [0.25, 0.3) is 22.2 Å². The molecule has 0 fully saturated rings. The summed E-state index contributed by atoms with van der Waals surface area (Å²) in [5, 5.41) is 1.07. The number of rotatable bonds is 9. The zero-order chi connectivity index (χ0) is 23.5. The Kier molecular flexibility index (Phi) is 6.45. The van der Waals surface area contributed by atoms with E-state index in [-0.39, 0.29) is 17.8 Å². The lowest BCUT2D eigenvalue weighted by Crippen LogP contribution is -2.30. The van der Waals surface area contributed by atoms with Gasteiger partial charge >= 0.3 is 0 Å². The molecule has 5 rings (SSSR count). The third-order valence-corrected chi connectivity index (χ3v) is 6.54. The molecule has 4 aromatic rings. The van der Waals surface area contributed by atoms with Gasteiger partial charge in [-0.25, -0.2) is 4.39 Å². The van der Waals surface area contributed by atoms with Gasteiger partial charge in [0.05, 0.1) is 11.7 Å². The number of aromatic amines is 1. The van der Waals surface area contributed by atoms with Gasteiger partial charge in [0.15, 0.2) is 0 Å². The van der Waals surface area contributed by atoms with Crippen molar-refractivity contribution in [2.75, 3.05) is 19.8 Å². The number of hydrogen-bond donors (Lipinski definition) is 1. The molecule has 0 radical (unpaired) electrons. The summed E-state index contributed by atoms with van der Waals surface area (Å²) in [7, 11) is 0. The molecule has 1 N–H and O–H groups in total. The van der Waals surface area contributed by atoms with E-state index in [0.29, 0.717) is 13.2 Å². The molecule has 0 spiro atoms. The number of carbonyl (C=O) groups excluding carboxylic acids is 1. The Morgan fingerprint density at radius 3 is 2.50 bits per heavy atom. The maximum Gasteiger partial charge on any atom is 0.255 e. The quantitative estimate of drug-likeness (QED) is 0.284. The van der Waals surface area contributed by atoms with E-state index in [9.17, 15) is 9.18 Å². The molecule has 5 heteroatoms. The minimum absolute atomic E-state index is 0.0458. The smallest absolute Gasteiger partial charge is 0.255 e. The van der Waals surface area contributed by atoms with Gasteiger partial charge in [0.2, 0.25) is 0 Å². The van der Waals surface area contributed by atoms with Gasteiger partial charge in [-0.2, -0.15) is 0 Å². The first-order chi connectivity index (χ1) is 16.7. The highest BCUT2D eigenvalue weighted by Crippen LogP contribution is 2.45. The average molecular weight is 457 g/mol. The predicted molar refractivity (Wildman–Crippen MR) is 133 cm³/mol. The molecular formula is C29H29FN2O2. The Balaban J connectivity index is 1.58. The number of nitrogens with one attached hydrogen (secondary N) is 1. The lowest BCUT2D eigenvalue weighted by molar-refractivity contribution is 0.0709. The molecule has 2 heterocycles. The van der Waals surface area contributed by atoms with Crippen LogP contribution >= 0.6 is 0 Å². The second kappa shape index (κ2) is 9.82. The summed E-state index contributed by atoms with van der Waals surface area (Å²) in [5.74, 6) is -0.225. The summed E-state index contributed by atoms with van der Waals surface area (Å²) in [5.41, 5.74) is 5.61. The number of H-pyrrole nitrogens is 1. The van der Waals surface area contributed by atoms with Crippen LogP contribution in [0.3, 0.4) is 0 Å². The van der Waals surface area contributed by atoms with E-state index < -0.39 is 0 Å². The number of benzene rings is 3. The first kappa shape index (κ1) is 22.4. The normalized spacial score (nSPS) is 15.3. The van der Waals surface area contributed by atoms with Crippen LogP contribution in [0.15, 0.2) is 72.8 Å². The molecule has 0 saturated carbocycles. The first-order valence-corrected chi connectivity index (χ1v) is 12.0. The number of unbranched alkanes of at least 4 members (excludes halogenated alkanes) is 1. The SMILES string of the molecule is CCCCOCCCN1C(=O)c2ccccc2C1c1c(-c2ccc(F)cc2)[nH]c2ccccc12. The number of fused-ring (bicyclic) bond motifs is 2. The zero-order valence-corrected chi connectivity index (χ0v) is 19.4. The summed E-state index contributed by atoms with van der Waals surface area (Å²) >= 11 is 0. The van der Waals surface area contributed by atoms with E-state index in [0.717, 1.165) is 64.7 Å². The first-order valence-electron chi connectivity index (χ1n) is 12.0. The molecule has 1 aliphatic heterocycles. The number of halogens is 1. The predicted octanol–water partition coefficient (Wildman–Crippen LogP) is 6.73. The van der Waals surface area contributed by atoms with Crippen molar-refractivity contribution in [3.05, 3.63) is 95.3 Å². The van der Waals surface area contributed by atoms with E-state index >= 15 is 0 Å². The number of ether oxygens (including phenoxy) is 1. The lowest BCUT2D eigenvalue weighted by Gasteiger charge is -2.27. The summed E-state index contributed by atoms with van der Waals surface area (Å²) < 4.78 is 19.5. The number of para-hydroxylation sites is 1. The molecular weight excluding hydrogens is 427 g/mol. The monoisotopic (exact) mass is 456 g/mol. The van der Waals surface area contributed by atoms with Crippen molar-refractivity contribution in [3.63, 3.8) is 0 Å². The summed E-state index contributed by atoms with van der Waals surface area (Å²) in [6, 6.07) is 22.3. The van der Waals surface area contributed by atoms with Crippen LogP contribution in [0.4, 0.5) is 4.39 Å². The summed E-state index contributed by atoms with van der Waals surface area (Å²) in [6.07, 6.45) is 2.93. The number of carbonyl (C=O) groups is 1. The van der Waals surface area contributed by atoms with Gasteiger partial charge in [0.1, 0.15) is 5.82 Å². The van der Waals surface area contributed by atoms with Gasteiger partial charge in [0, 0.05) is 41.8 Å². The molecule has 174 valence electrons. The van der Waals surface area contributed by atoms with Crippen molar-refractivity contribution in [3.8, 4) is 11.3 Å². The maximum absolute atomic E-state index is 13.7. The van der Waals surface area contributed by atoms with Gasteiger partial charge in [-0.3, -0.25) is 4.79 Å². The third kappa shape index (κ3) is 4.12. The van der Waals surface area contributed by atoms with Gasteiger partial charge in [-0.15, -0.1) is 0 Å². The van der Waals surface area contributed by atoms with Gasteiger partial charge in [-0.05, 0) is 60.4 Å². The Bertz CT molecular complexity index is 1300. The van der Waals surface area contributed by atoms with Gasteiger partial charge in [0.25, 0.3) is 5.91 Å². The molecule has 3 aromatic carbocycles. The highest BCUT2D eigenvalue weighted by molar-refractivity contribution is 6.02. The fraction of sp³-hybridized carbons (Fsp3) is 0.276. The zero-order valence-electron chi connectivity index (χ0n) is 19.4. The fourth-order valence-electron chi connectivity index (χ4n) is 4.89. The minimum Gasteiger partial charge on any atom is -0.381 e. The molecule has 0 aliphatic carbocycles. The van der Waals surface area contributed by atoms with Crippen molar-refractivity contribution in [2.45, 2.75) is 32.2 Å². The third-order valence-electron chi connectivity index (χ3n) is 6.54.